The molecule has 2 amide bonds. The van der Waals surface area contributed by atoms with Crippen LogP contribution in [0.4, 0.5) is 14.5 Å². The first-order chi connectivity index (χ1) is 15.5. The maximum absolute atomic E-state index is 13.7. The summed E-state index contributed by atoms with van der Waals surface area (Å²) in [6.07, 6.45) is 1.71. The zero-order valence-corrected chi connectivity index (χ0v) is 19.5. The summed E-state index contributed by atoms with van der Waals surface area (Å²) >= 11 is 0. The molecule has 4 rings (SSSR count). The topological polar surface area (TPSA) is 61.4 Å². The van der Waals surface area contributed by atoms with Gasteiger partial charge in [-0.1, -0.05) is 18.2 Å². The Balaban J connectivity index is 1.56. The second-order valence-electron chi connectivity index (χ2n) is 9.60. The number of likely N-dealkylation sites (tertiary alicyclic amines) is 1. The van der Waals surface area contributed by atoms with Crippen LogP contribution in [0.25, 0.3) is 0 Å². The largest absolute Gasteiger partial charge is 0.342 e. The molecule has 2 aliphatic heterocycles. The molecule has 33 heavy (non-hydrogen) atoms. The maximum atomic E-state index is 13.7. The van der Waals surface area contributed by atoms with Crippen LogP contribution in [0.5, 0.6) is 0 Å². The number of amides is 2. The molecule has 0 radical (unpaired) electrons. The van der Waals surface area contributed by atoms with Gasteiger partial charge in [0.15, 0.2) is 0 Å². The van der Waals surface area contributed by atoms with E-state index in [0.717, 1.165) is 37.4 Å². The van der Waals surface area contributed by atoms with Crippen LogP contribution in [0.3, 0.4) is 0 Å². The zero-order valence-electron chi connectivity index (χ0n) is 19.5. The van der Waals surface area contributed by atoms with E-state index in [1.54, 1.807) is 6.07 Å². The van der Waals surface area contributed by atoms with Crippen molar-refractivity contribution < 1.29 is 18.4 Å². The molecule has 0 spiro atoms. The minimum atomic E-state index is -3.02. The molecule has 0 saturated carbocycles. The summed E-state index contributed by atoms with van der Waals surface area (Å²) in [7, 11) is 1.89. The van der Waals surface area contributed by atoms with Crippen molar-refractivity contribution in [3.63, 3.8) is 0 Å². The molecule has 2 aromatic rings. The molecule has 0 aromatic heterocycles. The number of carbonyl (C=O) groups excluding carboxylic acids is 2. The lowest BCUT2D eigenvalue weighted by atomic mass is 9.75. The lowest BCUT2D eigenvalue weighted by Crippen LogP contribution is -2.57. The fourth-order valence-electron chi connectivity index (χ4n) is 5.14. The van der Waals surface area contributed by atoms with E-state index in [9.17, 15) is 18.4 Å². The lowest BCUT2D eigenvalue weighted by molar-refractivity contribution is -0.140. The van der Waals surface area contributed by atoms with E-state index >= 15 is 0 Å². The summed E-state index contributed by atoms with van der Waals surface area (Å²) in [5, 5.41) is 6.34. The number of piperidine rings is 2. The summed E-state index contributed by atoms with van der Waals surface area (Å²) in [6.45, 7) is 5.80. The number of hydrogen-bond donors (Lipinski definition) is 2. The fraction of sp³-hybridized carbons (Fsp3) is 0.462. The van der Waals surface area contributed by atoms with Gasteiger partial charge in [0.1, 0.15) is 0 Å². The Morgan fingerprint density at radius 3 is 2.67 bits per heavy atom. The van der Waals surface area contributed by atoms with Crippen LogP contribution < -0.4 is 10.6 Å². The Bertz CT molecular complexity index is 1070. The number of hydrogen-bond acceptors (Lipinski definition) is 3. The average molecular weight is 456 g/mol. The summed E-state index contributed by atoms with van der Waals surface area (Å²) in [6, 6.07) is 11.6. The number of nitrogens with one attached hydrogen (secondary N) is 2. The first kappa shape index (κ1) is 23.4. The van der Waals surface area contributed by atoms with Crippen molar-refractivity contribution >= 4 is 17.5 Å². The second kappa shape index (κ2) is 8.86. The highest BCUT2D eigenvalue weighted by Gasteiger charge is 2.43. The van der Waals surface area contributed by atoms with E-state index in [0.29, 0.717) is 17.6 Å². The highest BCUT2D eigenvalue weighted by molar-refractivity contribution is 6.04. The van der Waals surface area contributed by atoms with Crippen LogP contribution in [-0.4, -0.2) is 42.4 Å². The third-order valence-corrected chi connectivity index (χ3v) is 7.09. The number of halogens is 2. The minimum Gasteiger partial charge on any atom is -0.342 e. The van der Waals surface area contributed by atoms with Crippen LogP contribution in [0.15, 0.2) is 42.5 Å². The van der Waals surface area contributed by atoms with E-state index < -0.39 is 11.8 Å². The molecule has 2 aromatic carbocycles. The molecule has 176 valence electrons. The zero-order chi connectivity index (χ0) is 23.9. The summed E-state index contributed by atoms with van der Waals surface area (Å²) < 4.78 is 27.3. The molecule has 2 saturated heterocycles. The molecule has 5 nitrogen and oxygen atoms in total. The predicted octanol–water partition coefficient (Wildman–Crippen LogP) is 4.67. The van der Waals surface area contributed by atoms with E-state index in [-0.39, 0.29) is 29.0 Å². The van der Waals surface area contributed by atoms with Gasteiger partial charge in [-0.15, -0.1) is 0 Å². The molecule has 4 atom stereocenters. The summed E-state index contributed by atoms with van der Waals surface area (Å²) in [5.74, 6) is -3.27. The van der Waals surface area contributed by atoms with Crippen molar-refractivity contribution in [1.82, 2.24) is 10.2 Å². The highest BCUT2D eigenvalue weighted by atomic mass is 19.3. The lowest BCUT2D eigenvalue weighted by Gasteiger charge is -2.47. The molecule has 2 fully saturated rings. The van der Waals surface area contributed by atoms with E-state index in [1.807, 2.05) is 31.0 Å². The standard InChI is InChI=1S/C26H31F2N3O2/c1-15-8-9-20(30-24(32)17-6-5-7-19(11-17)26(3,27)28)13-21(15)22-12-18-14-29-16(2)10-23(18)31(4)25(22)33/h5-9,11,13,16,18,22-23,29H,10,12,14H2,1-4H3,(H,30,32). The van der Waals surface area contributed by atoms with Crippen molar-refractivity contribution in [2.45, 2.75) is 57.5 Å². The quantitative estimate of drug-likeness (QED) is 0.704. The number of benzene rings is 2. The van der Waals surface area contributed by atoms with Gasteiger partial charge < -0.3 is 15.5 Å². The van der Waals surface area contributed by atoms with Gasteiger partial charge in [0.25, 0.3) is 11.8 Å². The summed E-state index contributed by atoms with van der Waals surface area (Å²) in [4.78, 5) is 27.9. The van der Waals surface area contributed by atoms with E-state index in [1.165, 1.54) is 24.3 Å². The van der Waals surface area contributed by atoms with Gasteiger partial charge in [-0.05, 0) is 68.0 Å². The van der Waals surface area contributed by atoms with Crippen LogP contribution in [0, 0.1) is 12.8 Å². The highest BCUT2D eigenvalue weighted by Crippen LogP contribution is 2.39. The van der Waals surface area contributed by atoms with Gasteiger partial charge >= 0.3 is 0 Å². The molecule has 0 aliphatic carbocycles. The van der Waals surface area contributed by atoms with Crippen LogP contribution in [0.2, 0.25) is 0 Å². The minimum absolute atomic E-state index is 0.106. The average Bonchev–Trinajstić information content (AvgIpc) is 2.77. The monoisotopic (exact) mass is 455 g/mol. The smallest absolute Gasteiger partial charge is 0.270 e. The third kappa shape index (κ3) is 4.78. The molecule has 4 unspecified atom stereocenters. The molecule has 2 aliphatic rings. The van der Waals surface area contributed by atoms with E-state index in [2.05, 4.69) is 17.6 Å². The van der Waals surface area contributed by atoms with Crippen LogP contribution in [0.1, 0.15) is 59.7 Å². The number of nitrogens with zero attached hydrogens (tertiary/aromatic N) is 1. The van der Waals surface area contributed by atoms with Crippen molar-refractivity contribution in [1.29, 1.82) is 0 Å². The Morgan fingerprint density at radius 1 is 1.18 bits per heavy atom. The molecular formula is C26H31F2N3O2. The molecule has 7 heteroatoms. The van der Waals surface area contributed by atoms with Gasteiger partial charge in [0.2, 0.25) is 5.91 Å². The van der Waals surface area contributed by atoms with Crippen molar-refractivity contribution in [2.24, 2.45) is 5.92 Å². The number of carbonyl (C=O) groups is 2. The van der Waals surface area contributed by atoms with E-state index in [4.69, 9.17) is 0 Å². The second-order valence-corrected chi connectivity index (χ2v) is 9.60. The summed E-state index contributed by atoms with van der Waals surface area (Å²) in [5.41, 5.74) is 2.39. The van der Waals surface area contributed by atoms with Crippen molar-refractivity contribution in [2.75, 3.05) is 18.9 Å². The molecule has 2 heterocycles. The van der Waals surface area contributed by atoms with Gasteiger partial charge in [-0.2, -0.15) is 0 Å². The first-order valence-electron chi connectivity index (χ1n) is 11.4. The molecular weight excluding hydrogens is 424 g/mol. The number of rotatable bonds is 4. The van der Waals surface area contributed by atoms with Gasteiger partial charge in [-0.25, -0.2) is 8.78 Å². The number of aryl methyl sites for hydroxylation is 1. The third-order valence-electron chi connectivity index (χ3n) is 7.09. The maximum Gasteiger partial charge on any atom is 0.270 e. The number of fused-ring (bicyclic) bond motifs is 1. The van der Waals surface area contributed by atoms with Gasteiger partial charge in [0.05, 0.1) is 5.92 Å². The van der Waals surface area contributed by atoms with Gasteiger partial charge in [-0.3, -0.25) is 9.59 Å². The number of anilines is 1. The first-order valence-corrected chi connectivity index (χ1v) is 11.4. The number of likely N-dealkylation sites (N-methyl/N-ethyl adjacent to an activating group) is 1. The van der Waals surface area contributed by atoms with Gasteiger partial charge in [0, 0.05) is 49.4 Å². The Kier molecular flexibility index (Phi) is 6.27. The number of alkyl halides is 2. The van der Waals surface area contributed by atoms with Crippen LogP contribution in [-0.2, 0) is 10.7 Å². The SMILES string of the molecule is Cc1ccc(NC(=O)c2cccc(C(C)(F)F)c2)cc1C1CC2CNC(C)CC2N(C)C1=O. The molecule has 2 N–H and O–H groups in total. The predicted molar refractivity (Wildman–Crippen MR) is 125 cm³/mol. The van der Waals surface area contributed by atoms with Crippen molar-refractivity contribution in [3.8, 4) is 0 Å². The van der Waals surface area contributed by atoms with Crippen LogP contribution >= 0.6 is 0 Å². The Labute approximate surface area is 193 Å². The normalized spacial score (nSPS) is 25.5. The van der Waals surface area contributed by atoms with Crippen molar-refractivity contribution in [3.05, 3.63) is 64.7 Å². The fourth-order valence-corrected chi connectivity index (χ4v) is 5.14. The Hall–Kier alpha value is -2.80. The Morgan fingerprint density at radius 2 is 1.94 bits per heavy atom. The molecule has 0 bridgehead atoms.